The normalized spacial score (nSPS) is 39.2. The van der Waals surface area contributed by atoms with Crippen LogP contribution >= 0.6 is 0 Å². The van der Waals surface area contributed by atoms with Crippen LogP contribution < -0.4 is 0 Å². The molecule has 9 aliphatic carbocycles. The molecule has 49 heavy (non-hydrogen) atoms. The van der Waals surface area contributed by atoms with Gasteiger partial charge in [0.25, 0.3) is 0 Å². The summed E-state index contributed by atoms with van der Waals surface area (Å²) in [6, 6.07) is 0. The zero-order valence-corrected chi connectivity index (χ0v) is 37.3. The van der Waals surface area contributed by atoms with E-state index in [1.165, 1.54) is 85.9 Å². The zero-order valence-electron chi connectivity index (χ0n) is 37.3. The third kappa shape index (κ3) is 13.1. The minimum atomic E-state index is 0.631. The second-order valence-electron chi connectivity index (χ2n) is 16.7. The fraction of sp³-hybridized carbons (Fsp3) is 1.00. The Balaban J connectivity index is 0.000000575. The van der Waals surface area contributed by atoms with Gasteiger partial charge in [-0.05, 0) is 179 Å². The van der Waals surface area contributed by atoms with E-state index in [1.54, 1.807) is 77.0 Å². The summed E-state index contributed by atoms with van der Waals surface area (Å²) in [6.45, 7) is 35.9. The summed E-state index contributed by atoms with van der Waals surface area (Å²) in [6.07, 6.45) is 27.6. The van der Waals surface area contributed by atoms with Crippen molar-refractivity contribution in [3.8, 4) is 0 Å². The Labute approximate surface area is 313 Å². The molecule has 9 saturated carbocycles. The van der Waals surface area contributed by atoms with Gasteiger partial charge in [0.1, 0.15) is 0 Å². The molecule has 0 spiro atoms. The van der Waals surface area contributed by atoms with Crippen molar-refractivity contribution >= 4 is 0 Å². The molecule has 1 heteroatoms. The average Bonchev–Trinajstić information content (AvgIpc) is 3.98. The molecule has 1 heterocycles. The van der Waals surface area contributed by atoms with Gasteiger partial charge in [-0.2, -0.15) is 0 Å². The van der Waals surface area contributed by atoms with Crippen LogP contribution in [0.1, 0.15) is 226 Å². The molecule has 0 aromatic carbocycles. The monoisotopic (exact) mass is 691 g/mol. The first-order chi connectivity index (χ1) is 23.8. The maximum atomic E-state index is 5.07. The molecule has 6 unspecified atom stereocenters. The number of rotatable bonds is 0. The Morgan fingerprint density at radius 2 is 0.816 bits per heavy atom. The highest BCUT2D eigenvalue weighted by atomic mass is 16.5. The average molecular weight is 691 g/mol. The molecule has 0 N–H and O–H groups in total. The van der Waals surface area contributed by atoms with E-state index >= 15 is 0 Å². The lowest BCUT2D eigenvalue weighted by atomic mass is 9.56. The van der Waals surface area contributed by atoms with Gasteiger partial charge in [-0.1, -0.05) is 117 Å². The van der Waals surface area contributed by atoms with E-state index < -0.39 is 0 Å². The van der Waals surface area contributed by atoms with Gasteiger partial charge in [0.05, 0.1) is 0 Å². The predicted octanol–water partition coefficient (Wildman–Crippen LogP) is 16.5. The molecule has 1 nitrogen and oxygen atoms in total. The Bertz CT molecular complexity index is 666. The van der Waals surface area contributed by atoms with E-state index in [4.69, 9.17) is 4.74 Å². The van der Waals surface area contributed by atoms with Gasteiger partial charge in [0, 0.05) is 13.2 Å². The van der Waals surface area contributed by atoms with Crippen LogP contribution in [0, 0.1) is 70.0 Å². The maximum Gasteiger partial charge on any atom is 0.0466 e. The highest BCUT2D eigenvalue weighted by molar-refractivity contribution is 5.08. The summed E-state index contributed by atoms with van der Waals surface area (Å²) in [5.74, 6) is 11.5. The highest BCUT2D eigenvalue weighted by Crippen LogP contribution is 2.68. The van der Waals surface area contributed by atoms with Crippen LogP contribution in [0.25, 0.3) is 0 Å². The molecule has 0 amide bonds. The lowest BCUT2D eigenvalue weighted by molar-refractivity contribution is 0.0198. The molecule has 0 aromatic heterocycles. The van der Waals surface area contributed by atoms with Crippen molar-refractivity contribution in [1.29, 1.82) is 0 Å². The molecule has 10 fully saturated rings. The summed E-state index contributed by atoms with van der Waals surface area (Å²) in [7, 11) is 0. The summed E-state index contributed by atoms with van der Waals surface area (Å²) < 4.78 is 5.07. The van der Waals surface area contributed by atoms with E-state index in [9.17, 15) is 0 Å². The van der Waals surface area contributed by atoms with Crippen LogP contribution in [0.15, 0.2) is 0 Å². The second kappa shape index (κ2) is 26.7. The van der Waals surface area contributed by atoms with Crippen LogP contribution in [-0.4, -0.2) is 13.2 Å². The van der Waals surface area contributed by atoms with Gasteiger partial charge in [-0.25, -0.2) is 0 Å². The SMILES string of the molecule is C1C2CC3CC1CC(C2)C3.C1CC2C3CCC(C3)C2C1.C1CCOCC1.CC.CC.CC.CC.CC.CC.C[C@@H]1CC2CCC1(C)C2(C)C. The first-order valence-electron chi connectivity index (χ1n) is 23.4. The standard InChI is InChI=1S/C11H20.2C10H16.C5H10O.6C2H6/c1-8-7-9-5-6-11(8,4)10(9,2)3;1-7-2-9-4-8(1)5-10(3-7)6-9;1-2-9-7-4-5-8(6-7)10(9)3-1;1-2-4-6-5-3-1;6*1-2/h8-9H,5-7H2,1-4H3;2*7-10H,1-6H2;1-5H2;6*1-2H3/t8-,9?,11?;;;;;;;;;/m1........./s1. The summed E-state index contributed by atoms with van der Waals surface area (Å²) in [4.78, 5) is 0. The Hall–Kier alpha value is -0.0400. The first-order valence-corrected chi connectivity index (χ1v) is 23.4. The van der Waals surface area contributed by atoms with Crippen molar-refractivity contribution in [2.75, 3.05) is 13.2 Å². The van der Waals surface area contributed by atoms with Crippen LogP contribution in [0.2, 0.25) is 0 Å². The Morgan fingerprint density at radius 3 is 1.04 bits per heavy atom. The van der Waals surface area contributed by atoms with Crippen LogP contribution in [0.5, 0.6) is 0 Å². The summed E-state index contributed by atoms with van der Waals surface area (Å²) in [5, 5.41) is 0. The third-order valence-corrected chi connectivity index (χ3v) is 14.7. The van der Waals surface area contributed by atoms with Gasteiger partial charge >= 0.3 is 0 Å². The van der Waals surface area contributed by atoms with Crippen LogP contribution in [-0.2, 0) is 4.74 Å². The van der Waals surface area contributed by atoms with E-state index in [2.05, 4.69) is 27.7 Å². The highest BCUT2D eigenvalue weighted by Gasteiger charge is 2.59. The van der Waals surface area contributed by atoms with E-state index in [-0.39, 0.29) is 0 Å². The fourth-order valence-corrected chi connectivity index (χ4v) is 12.3. The van der Waals surface area contributed by atoms with Crippen molar-refractivity contribution in [2.45, 2.75) is 226 Å². The molecule has 10 aliphatic rings. The van der Waals surface area contributed by atoms with Crippen LogP contribution in [0.3, 0.4) is 0 Å². The molecule has 1 aliphatic heterocycles. The minimum Gasteiger partial charge on any atom is -0.381 e. The predicted molar refractivity (Wildman–Crippen MR) is 224 cm³/mol. The van der Waals surface area contributed by atoms with Gasteiger partial charge in [0.15, 0.2) is 0 Å². The lowest BCUT2D eigenvalue weighted by Gasteiger charge is -2.49. The van der Waals surface area contributed by atoms with E-state index in [1.807, 2.05) is 83.1 Å². The molecule has 0 radical (unpaired) electrons. The van der Waals surface area contributed by atoms with Gasteiger partial charge in [0.2, 0.25) is 0 Å². The van der Waals surface area contributed by atoms with Crippen molar-refractivity contribution in [3.05, 3.63) is 0 Å². The van der Waals surface area contributed by atoms with Crippen LogP contribution in [0.4, 0.5) is 0 Å². The molecule has 0 aromatic rings. The van der Waals surface area contributed by atoms with Crippen molar-refractivity contribution in [2.24, 2.45) is 70.0 Å². The zero-order chi connectivity index (χ0) is 37.6. The molecular weight excluding hydrogens is 593 g/mol. The number of ether oxygens (including phenoxy) is 1. The number of hydrogen-bond donors (Lipinski definition) is 0. The number of hydrogen-bond acceptors (Lipinski definition) is 1. The van der Waals surface area contributed by atoms with Crippen molar-refractivity contribution in [1.82, 2.24) is 0 Å². The Kier molecular flexibility index (Phi) is 26.7. The second-order valence-corrected chi connectivity index (χ2v) is 16.7. The van der Waals surface area contributed by atoms with Gasteiger partial charge < -0.3 is 4.74 Å². The molecular formula is C48H98O. The molecule has 10 rings (SSSR count). The fourth-order valence-electron chi connectivity index (χ4n) is 12.3. The first kappa shape index (κ1) is 49.0. The topological polar surface area (TPSA) is 9.23 Å². The largest absolute Gasteiger partial charge is 0.381 e. The third-order valence-electron chi connectivity index (χ3n) is 14.7. The molecule has 296 valence electrons. The molecule has 8 bridgehead atoms. The maximum absolute atomic E-state index is 5.07. The molecule has 1 saturated heterocycles. The molecule has 7 atom stereocenters. The van der Waals surface area contributed by atoms with Gasteiger partial charge in [-0.3, -0.25) is 0 Å². The quantitative estimate of drug-likeness (QED) is 0.246. The number of fused-ring (bicyclic) bond motifs is 7. The minimum absolute atomic E-state index is 0.631. The lowest BCUT2D eigenvalue weighted by Crippen LogP contribution is -2.38. The van der Waals surface area contributed by atoms with Crippen molar-refractivity contribution in [3.63, 3.8) is 0 Å². The summed E-state index contributed by atoms with van der Waals surface area (Å²) >= 11 is 0. The Morgan fingerprint density at radius 1 is 0.429 bits per heavy atom. The smallest absolute Gasteiger partial charge is 0.0466 e. The summed E-state index contributed by atoms with van der Waals surface area (Å²) in [5.41, 5.74) is 1.30. The van der Waals surface area contributed by atoms with Crippen molar-refractivity contribution < 1.29 is 4.74 Å². The van der Waals surface area contributed by atoms with Gasteiger partial charge in [-0.15, -0.1) is 0 Å². The van der Waals surface area contributed by atoms with E-state index in [0.717, 1.165) is 25.0 Å². The van der Waals surface area contributed by atoms with E-state index in [0.29, 0.717) is 10.8 Å².